The molecule has 1 aromatic heterocycles. The first kappa shape index (κ1) is 20.5. The van der Waals surface area contributed by atoms with Crippen molar-refractivity contribution in [3.8, 4) is 22.7 Å². The number of rotatable bonds is 5. The molecule has 1 aliphatic heterocycles. The lowest BCUT2D eigenvalue weighted by atomic mass is 10.0. The Bertz CT molecular complexity index is 1270. The lowest BCUT2D eigenvalue weighted by Crippen LogP contribution is -2.51. The lowest BCUT2D eigenvalue weighted by Gasteiger charge is -2.13. The number of nitrogens with zero attached hydrogens (tertiary/aromatic N) is 3. The molecular formula is C21H15N5O6. The number of ether oxygens (including phenoxy) is 1. The molecule has 11 nitrogen and oxygen atoms in total. The minimum atomic E-state index is -0.914. The van der Waals surface area contributed by atoms with E-state index in [0.29, 0.717) is 16.8 Å². The van der Waals surface area contributed by atoms with Crippen LogP contribution < -0.4 is 15.4 Å². The van der Waals surface area contributed by atoms with Gasteiger partial charge in [-0.3, -0.25) is 30.3 Å². The zero-order chi connectivity index (χ0) is 22.8. The summed E-state index contributed by atoms with van der Waals surface area (Å²) in [5.41, 5.74) is 1.10. The fourth-order valence-corrected chi connectivity index (χ4v) is 3.17. The summed E-state index contributed by atoms with van der Waals surface area (Å²) in [4.78, 5) is 46.6. The summed E-state index contributed by atoms with van der Waals surface area (Å²) in [6.45, 7) is 0. The average molecular weight is 433 g/mol. The number of para-hydroxylation sites is 1. The number of nitro groups is 1. The Hall–Kier alpha value is -4.80. The molecule has 0 radical (unpaired) electrons. The van der Waals surface area contributed by atoms with Gasteiger partial charge in [0.25, 0.3) is 11.8 Å². The third kappa shape index (κ3) is 3.81. The number of urea groups is 1. The minimum absolute atomic E-state index is 0.0747. The molecule has 1 aliphatic rings. The van der Waals surface area contributed by atoms with Gasteiger partial charge in [0.2, 0.25) is 0 Å². The van der Waals surface area contributed by atoms with Gasteiger partial charge in [-0.05, 0) is 30.3 Å². The third-order valence-electron chi connectivity index (χ3n) is 4.66. The van der Waals surface area contributed by atoms with Gasteiger partial charge in [-0.2, -0.15) is 5.10 Å². The highest BCUT2D eigenvalue weighted by molar-refractivity contribution is 6.31. The number of nitro benzene ring substituents is 1. The van der Waals surface area contributed by atoms with E-state index in [0.717, 1.165) is 0 Å². The van der Waals surface area contributed by atoms with Crippen LogP contribution >= 0.6 is 0 Å². The first-order chi connectivity index (χ1) is 15.4. The van der Waals surface area contributed by atoms with Crippen molar-refractivity contribution in [3.63, 3.8) is 0 Å². The highest BCUT2D eigenvalue weighted by atomic mass is 16.6. The topological polar surface area (TPSA) is 145 Å². The quantitative estimate of drug-likeness (QED) is 0.271. The summed E-state index contributed by atoms with van der Waals surface area (Å²) in [7, 11) is 1.32. The zero-order valence-corrected chi connectivity index (χ0v) is 16.6. The van der Waals surface area contributed by atoms with Crippen molar-refractivity contribution in [1.82, 2.24) is 20.4 Å². The molecular weight excluding hydrogens is 418 g/mol. The van der Waals surface area contributed by atoms with E-state index < -0.39 is 22.8 Å². The third-order valence-corrected chi connectivity index (χ3v) is 4.66. The van der Waals surface area contributed by atoms with Gasteiger partial charge in [-0.25, -0.2) is 9.48 Å². The number of amides is 4. The maximum Gasteiger partial charge on any atom is 0.328 e. The minimum Gasteiger partial charge on any atom is -0.490 e. The van der Waals surface area contributed by atoms with Gasteiger partial charge < -0.3 is 4.74 Å². The molecule has 0 unspecified atom stereocenters. The molecule has 1 saturated heterocycles. The molecule has 2 aromatic carbocycles. The molecule has 4 rings (SSSR count). The second-order valence-corrected chi connectivity index (χ2v) is 6.65. The van der Waals surface area contributed by atoms with E-state index in [2.05, 4.69) is 5.10 Å². The summed E-state index contributed by atoms with van der Waals surface area (Å²) in [6, 6.07) is 12.4. The number of aromatic nitrogens is 2. The van der Waals surface area contributed by atoms with Gasteiger partial charge in [0.1, 0.15) is 11.3 Å². The van der Waals surface area contributed by atoms with Crippen molar-refractivity contribution in [1.29, 1.82) is 0 Å². The van der Waals surface area contributed by atoms with Gasteiger partial charge >= 0.3 is 11.7 Å². The maximum atomic E-state index is 12.2. The monoisotopic (exact) mass is 433 g/mol. The molecule has 160 valence electrons. The Morgan fingerprint density at radius 1 is 1.06 bits per heavy atom. The normalized spacial score (nSPS) is 13.4. The molecule has 0 saturated carbocycles. The number of benzene rings is 2. The molecule has 2 heterocycles. The van der Waals surface area contributed by atoms with Crippen LogP contribution in [0.5, 0.6) is 5.75 Å². The second kappa shape index (κ2) is 8.14. The van der Waals surface area contributed by atoms with Crippen LogP contribution in [-0.2, 0) is 9.59 Å². The molecule has 4 amide bonds. The van der Waals surface area contributed by atoms with Gasteiger partial charge in [0.05, 0.1) is 17.7 Å². The molecule has 32 heavy (non-hydrogen) atoms. The Morgan fingerprint density at radius 2 is 1.75 bits per heavy atom. The summed E-state index contributed by atoms with van der Waals surface area (Å²) in [5.74, 6) is -1.65. The largest absolute Gasteiger partial charge is 0.490 e. The number of hydrogen-bond donors (Lipinski definition) is 2. The van der Waals surface area contributed by atoms with E-state index in [1.54, 1.807) is 36.5 Å². The number of barbiturate groups is 1. The number of methoxy groups -OCH3 is 1. The fourth-order valence-electron chi connectivity index (χ4n) is 3.17. The predicted molar refractivity (Wildman–Crippen MR) is 112 cm³/mol. The van der Waals surface area contributed by atoms with Crippen LogP contribution in [0.4, 0.5) is 10.5 Å². The van der Waals surface area contributed by atoms with E-state index >= 15 is 0 Å². The Labute approximate surface area is 180 Å². The summed E-state index contributed by atoms with van der Waals surface area (Å²) < 4.78 is 6.56. The number of hydrogen-bond acceptors (Lipinski definition) is 7. The van der Waals surface area contributed by atoms with Gasteiger partial charge in [-0.1, -0.05) is 18.2 Å². The molecule has 0 atom stereocenters. The van der Waals surface area contributed by atoms with Crippen molar-refractivity contribution in [2.24, 2.45) is 0 Å². The van der Waals surface area contributed by atoms with E-state index in [4.69, 9.17) is 4.74 Å². The highest BCUT2D eigenvalue weighted by Crippen LogP contribution is 2.34. The highest BCUT2D eigenvalue weighted by Gasteiger charge is 2.29. The van der Waals surface area contributed by atoms with Gasteiger partial charge in [-0.15, -0.1) is 0 Å². The van der Waals surface area contributed by atoms with Gasteiger partial charge in [0, 0.05) is 23.4 Å². The van der Waals surface area contributed by atoms with E-state index in [-0.39, 0.29) is 22.7 Å². The standard InChI is InChI=1S/C21H15N5O6/c1-32-17-8-7-12(10-16(17)26(30)31)18-13(9-15-19(27)22-21(29)23-20(15)28)11-25(24-18)14-5-3-2-4-6-14/h2-11H,1H3,(H2,22,23,27,28,29). The molecule has 0 spiro atoms. The fraction of sp³-hybridized carbons (Fsp3) is 0.0476. The van der Waals surface area contributed by atoms with E-state index in [1.165, 1.54) is 30.0 Å². The first-order valence-corrected chi connectivity index (χ1v) is 9.23. The molecule has 1 fully saturated rings. The smallest absolute Gasteiger partial charge is 0.328 e. The molecule has 11 heteroatoms. The number of carbonyl (C=O) groups is 3. The predicted octanol–water partition coefficient (Wildman–Crippen LogP) is 2.21. The van der Waals surface area contributed by atoms with Crippen molar-refractivity contribution in [2.45, 2.75) is 0 Å². The van der Waals surface area contributed by atoms with Crippen molar-refractivity contribution in [2.75, 3.05) is 7.11 Å². The zero-order valence-electron chi connectivity index (χ0n) is 16.6. The van der Waals surface area contributed by atoms with Crippen LogP contribution in [0.2, 0.25) is 0 Å². The molecule has 0 aliphatic carbocycles. The van der Waals surface area contributed by atoms with Gasteiger partial charge in [0.15, 0.2) is 5.75 Å². The average Bonchev–Trinajstić information content (AvgIpc) is 3.20. The van der Waals surface area contributed by atoms with Crippen LogP contribution in [0.1, 0.15) is 5.56 Å². The maximum absolute atomic E-state index is 12.2. The van der Waals surface area contributed by atoms with E-state index in [1.807, 2.05) is 16.7 Å². The Kier molecular flexibility index (Phi) is 5.21. The van der Waals surface area contributed by atoms with Crippen molar-refractivity contribution >= 4 is 29.6 Å². The van der Waals surface area contributed by atoms with E-state index in [9.17, 15) is 24.5 Å². The number of imide groups is 2. The first-order valence-electron chi connectivity index (χ1n) is 9.23. The molecule has 0 bridgehead atoms. The molecule has 2 N–H and O–H groups in total. The second-order valence-electron chi connectivity index (χ2n) is 6.65. The van der Waals surface area contributed by atoms with Crippen LogP contribution in [0.15, 0.2) is 60.3 Å². The summed E-state index contributed by atoms with van der Waals surface area (Å²) >= 11 is 0. The number of carbonyl (C=O) groups excluding carboxylic acids is 3. The Balaban J connectivity index is 1.89. The number of nitrogens with one attached hydrogen (secondary N) is 2. The SMILES string of the molecule is COc1ccc(-c2nn(-c3ccccc3)cc2C=C2C(=O)NC(=O)NC2=O)cc1[N+](=O)[O-]. The summed E-state index contributed by atoms with van der Waals surface area (Å²) in [6.07, 6.45) is 2.85. The van der Waals surface area contributed by atoms with Crippen LogP contribution in [-0.4, -0.2) is 39.7 Å². The Morgan fingerprint density at radius 3 is 2.38 bits per heavy atom. The van der Waals surface area contributed by atoms with Crippen molar-refractivity contribution in [3.05, 3.63) is 76.0 Å². The van der Waals surface area contributed by atoms with Crippen LogP contribution in [0, 0.1) is 10.1 Å². The summed E-state index contributed by atoms with van der Waals surface area (Å²) in [5, 5.41) is 20.0. The van der Waals surface area contributed by atoms with Crippen LogP contribution in [0.25, 0.3) is 23.0 Å². The lowest BCUT2D eigenvalue weighted by molar-refractivity contribution is -0.385. The van der Waals surface area contributed by atoms with Crippen molar-refractivity contribution < 1.29 is 24.0 Å². The van der Waals surface area contributed by atoms with Crippen LogP contribution in [0.3, 0.4) is 0 Å². The molecule has 3 aromatic rings.